The molecule has 0 unspecified atom stereocenters. The molecule has 0 aromatic heterocycles. The molecule has 0 N–H and O–H groups in total. The molecule has 0 radical (unpaired) electrons. The maximum Gasteiger partial charge on any atom is 0.422 e. The molecule has 34 heavy (non-hydrogen) atoms. The van der Waals surface area contributed by atoms with Gasteiger partial charge in [-0.3, -0.25) is 0 Å². The van der Waals surface area contributed by atoms with Crippen LogP contribution in [0.15, 0.2) is 24.3 Å². The number of benzene rings is 2. The SMILES string of the molecule is CCCCCC1CCC(c2cc(F)c(C(=O)Oc3cc(F)c(C(F)(F)F)c(F)c3)c(F)c2)CC1. The highest BCUT2D eigenvalue weighted by molar-refractivity contribution is 5.91. The van der Waals surface area contributed by atoms with Gasteiger partial charge in [0.1, 0.15) is 40.1 Å². The van der Waals surface area contributed by atoms with E-state index >= 15 is 0 Å². The maximum absolute atomic E-state index is 14.6. The van der Waals surface area contributed by atoms with Crippen LogP contribution in [0.1, 0.15) is 85.7 Å². The Labute approximate surface area is 193 Å². The van der Waals surface area contributed by atoms with E-state index in [4.69, 9.17) is 0 Å². The molecule has 0 spiro atoms. The molecule has 1 aliphatic carbocycles. The second-order valence-corrected chi connectivity index (χ2v) is 8.72. The van der Waals surface area contributed by atoms with Gasteiger partial charge in [-0.05, 0) is 55.2 Å². The van der Waals surface area contributed by atoms with E-state index in [-0.39, 0.29) is 18.1 Å². The van der Waals surface area contributed by atoms with Crippen LogP contribution >= 0.6 is 0 Å². The number of halogens is 7. The van der Waals surface area contributed by atoms with Crippen LogP contribution in [0.3, 0.4) is 0 Å². The summed E-state index contributed by atoms with van der Waals surface area (Å²) in [4.78, 5) is 12.2. The van der Waals surface area contributed by atoms with Crippen LogP contribution in [-0.4, -0.2) is 5.97 Å². The number of alkyl halides is 3. The summed E-state index contributed by atoms with van der Waals surface area (Å²) in [5.41, 5.74) is -2.84. The highest BCUT2D eigenvalue weighted by atomic mass is 19.4. The normalized spacial score (nSPS) is 18.7. The zero-order chi connectivity index (χ0) is 25.0. The first-order valence-electron chi connectivity index (χ1n) is 11.3. The highest BCUT2D eigenvalue weighted by Gasteiger charge is 2.38. The summed E-state index contributed by atoms with van der Waals surface area (Å²) in [6.45, 7) is 2.14. The van der Waals surface area contributed by atoms with Crippen LogP contribution in [0.5, 0.6) is 5.75 Å². The van der Waals surface area contributed by atoms with E-state index < -0.39 is 52.3 Å². The topological polar surface area (TPSA) is 26.3 Å². The molecule has 1 saturated carbocycles. The average molecular weight is 490 g/mol. The average Bonchev–Trinajstić information content (AvgIpc) is 2.72. The van der Waals surface area contributed by atoms with Crippen molar-refractivity contribution in [1.82, 2.24) is 0 Å². The van der Waals surface area contributed by atoms with Crippen LogP contribution < -0.4 is 4.74 Å². The van der Waals surface area contributed by atoms with E-state index in [0.717, 1.165) is 50.7 Å². The molecule has 0 saturated heterocycles. The van der Waals surface area contributed by atoms with Gasteiger partial charge in [-0.15, -0.1) is 0 Å². The molecule has 2 nitrogen and oxygen atoms in total. The van der Waals surface area contributed by atoms with Gasteiger partial charge in [-0.2, -0.15) is 13.2 Å². The number of ether oxygens (including phenoxy) is 1. The fourth-order valence-corrected chi connectivity index (χ4v) is 4.53. The summed E-state index contributed by atoms with van der Waals surface area (Å²) >= 11 is 0. The standard InChI is InChI=1S/C25H25F7O2/c1-2-3-4-5-14-6-8-15(9-7-14)16-10-18(26)22(19(27)11-16)24(33)34-17-12-20(28)23(21(29)13-17)25(30,31)32/h10-15H,2-9H2,1H3. The summed E-state index contributed by atoms with van der Waals surface area (Å²) in [7, 11) is 0. The van der Waals surface area contributed by atoms with Crippen LogP contribution in [0.25, 0.3) is 0 Å². The van der Waals surface area contributed by atoms with Crippen molar-refractivity contribution in [2.75, 3.05) is 0 Å². The molecule has 9 heteroatoms. The molecule has 1 aliphatic rings. The van der Waals surface area contributed by atoms with Crippen LogP contribution in [0.4, 0.5) is 30.7 Å². The second-order valence-electron chi connectivity index (χ2n) is 8.72. The Bertz CT molecular complexity index is 978. The first-order chi connectivity index (χ1) is 16.0. The lowest BCUT2D eigenvalue weighted by Gasteiger charge is -2.29. The van der Waals surface area contributed by atoms with Crippen molar-refractivity contribution in [1.29, 1.82) is 0 Å². The summed E-state index contributed by atoms with van der Waals surface area (Å²) in [6, 6.07) is 2.34. The quantitative estimate of drug-likeness (QED) is 0.169. The molecule has 0 aliphatic heterocycles. The third-order valence-electron chi connectivity index (χ3n) is 6.31. The minimum Gasteiger partial charge on any atom is -0.423 e. The van der Waals surface area contributed by atoms with Gasteiger partial charge in [0.15, 0.2) is 0 Å². The van der Waals surface area contributed by atoms with Crippen molar-refractivity contribution in [3.8, 4) is 5.75 Å². The lowest BCUT2D eigenvalue weighted by molar-refractivity contribution is -0.142. The Hall–Kier alpha value is -2.58. The van der Waals surface area contributed by atoms with Gasteiger partial charge >= 0.3 is 12.1 Å². The summed E-state index contributed by atoms with van der Waals surface area (Å²) < 4.78 is 99.3. The molecule has 0 atom stereocenters. The molecule has 2 aromatic rings. The van der Waals surface area contributed by atoms with Gasteiger partial charge in [0.05, 0.1) is 0 Å². The van der Waals surface area contributed by atoms with Gasteiger partial charge < -0.3 is 4.74 Å². The van der Waals surface area contributed by atoms with E-state index in [1.54, 1.807) is 0 Å². The Balaban J connectivity index is 1.71. The predicted molar refractivity (Wildman–Crippen MR) is 112 cm³/mol. The third-order valence-corrected chi connectivity index (χ3v) is 6.31. The van der Waals surface area contributed by atoms with Crippen molar-refractivity contribution < 1.29 is 40.3 Å². The number of unbranched alkanes of at least 4 members (excludes halogenated alkanes) is 2. The zero-order valence-corrected chi connectivity index (χ0v) is 18.6. The van der Waals surface area contributed by atoms with Gasteiger partial charge in [0, 0.05) is 12.1 Å². The molecule has 2 aromatic carbocycles. The van der Waals surface area contributed by atoms with Crippen LogP contribution in [0.2, 0.25) is 0 Å². The summed E-state index contributed by atoms with van der Waals surface area (Å²) in [6.07, 6.45) is 2.76. The number of carbonyl (C=O) groups is 1. The minimum absolute atomic E-state index is 0.0606. The van der Waals surface area contributed by atoms with Gasteiger partial charge in [-0.1, -0.05) is 32.6 Å². The molecule has 0 amide bonds. The fourth-order valence-electron chi connectivity index (χ4n) is 4.53. The molecule has 1 fully saturated rings. The number of hydrogen-bond acceptors (Lipinski definition) is 2. The Morgan fingerprint density at radius 1 is 0.882 bits per heavy atom. The molecular formula is C25H25F7O2. The lowest BCUT2D eigenvalue weighted by atomic mass is 9.77. The molecule has 0 heterocycles. The summed E-state index contributed by atoms with van der Waals surface area (Å²) in [5.74, 6) is -8.48. The largest absolute Gasteiger partial charge is 0.423 e. The van der Waals surface area contributed by atoms with Gasteiger partial charge in [0.25, 0.3) is 0 Å². The summed E-state index contributed by atoms with van der Waals surface area (Å²) in [5, 5.41) is 0. The molecule has 3 rings (SSSR count). The third kappa shape index (κ3) is 6.10. The van der Waals surface area contributed by atoms with E-state index in [1.807, 2.05) is 0 Å². The maximum atomic E-state index is 14.6. The van der Waals surface area contributed by atoms with E-state index in [2.05, 4.69) is 11.7 Å². The predicted octanol–water partition coefficient (Wildman–Crippen LogP) is 8.34. The highest BCUT2D eigenvalue weighted by Crippen LogP contribution is 2.39. The minimum atomic E-state index is -5.31. The number of esters is 1. The van der Waals surface area contributed by atoms with Crippen LogP contribution in [-0.2, 0) is 6.18 Å². The first-order valence-corrected chi connectivity index (χ1v) is 11.3. The van der Waals surface area contributed by atoms with E-state index in [0.29, 0.717) is 11.5 Å². The van der Waals surface area contributed by atoms with Crippen molar-refractivity contribution in [3.63, 3.8) is 0 Å². The van der Waals surface area contributed by atoms with E-state index in [9.17, 15) is 35.5 Å². The molecule has 0 bridgehead atoms. The Morgan fingerprint density at radius 2 is 1.44 bits per heavy atom. The first kappa shape index (κ1) is 26.0. The van der Waals surface area contributed by atoms with Crippen LogP contribution in [0, 0.1) is 29.2 Å². The molecular weight excluding hydrogens is 465 g/mol. The lowest BCUT2D eigenvalue weighted by Crippen LogP contribution is -2.17. The Morgan fingerprint density at radius 3 is 1.94 bits per heavy atom. The smallest absolute Gasteiger partial charge is 0.422 e. The fraction of sp³-hybridized carbons (Fsp3) is 0.480. The van der Waals surface area contributed by atoms with E-state index in [1.165, 1.54) is 12.8 Å². The van der Waals surface area contributed by atoms with Gasteiger partial charge in [0.2, 0.25) is 0 Å². The molecule has 186 valence electrons. The van der Waals surface area contributed by atoms with Gasteiger partial charge in [-0.25, -0.2) is 22.4 Å². The van der Waals surface area contributed by atoms with Crippen molar-refractivity contribution in [2.24, 2.45) is 5.92 Å². The monoisotopic (exact) mass is 490 g/mol. The number of carbonyl (C=O) groups excluding carboxylic acids is 1. The number of rotatable bonds is 7. The van der Waals surface area contributed by atoms with Crippen molar-refractivity contribution in [3.05, 3.63) is 64.2 Å². The Kier molecular flexibility index (Phi) is 8.25. The zero-order valence-electron chi connectivity index (χ0n) is 18.6. The van der Waals surface area contributed by atoms with Crippen molar-refractivity contribution in [2.45, 2.75) is 70.4 Å². The van der Waals surface area contributed by atoms with Crippen molar-refractivity contribution >= 4 is 5.97 Å². The second kappa shape index (κ2) is 10.8. The number of hydrogen-bond donors (Lipinski definition) is 0.